The summed E-state index contributed by atoms with van der Waals surface area (Å²) in [6.07, 6.45) is -1.65. The monoisotopic (exact) mass is 771 g/mol. The van der Waals surface area contributed by atoms with Crippen molar-refractivity contribution in [1.29, 1.82) is 0 Å². The van der Waals surface area contributed by atoms with Gasteiger partial charge in [0.15, 0.2) is 15.8 Å². The van der Waals surface area contributed by atoms with Gasteiger partial charge in [0.05, 0.1) is 11.6 Å². The van der Waals surface area contributed by atoms with E-state index in [1.165, 1.54) is 0 Å². The number of amides is 2. The summed E-state index contributed by atoms with van der Waals surface area (Å²) in [4.78, 5) is 57.5. The van der Waals surface area contributed by atoms with Crippen LogP contribution in [0.4, 0.5) is 15.6 Å². The molecule has 0 bridgehead atoms. The molecule has 0 fully saturated rings. The van der Waals surface area contributed by atoms with Crippen LogP contribution in [0.25, 0.3) is 0 Å². The van der Waals surface area contributed by atoms with Crippen LogP contribution in [0.15, 0.2) is 152 Å². The molecule has 0 radical (unpaired) electrons. The number of carboxylic acid groups (broad SMARTS) is 1. The number of aliphatic carboxylic acids is 1. The fourth-order valence-electron chi connectivity index (χ4n) is 6.39. The molecule has 6 aromatic rings. The molecule has 0 aliphatic heterocycles. The number of hydrogen-bond donors (Lipinski definition) is 4. The normalized spacial score (nSPS) is 12.2. The number of rotatable bonds is 16. The first-order valence-electron chi connectivity index (χ1n) is 17.4. The number of carboxylic acids is 1. The summed E-state index contributed by atoms with van der Waals surface area (Å²) in [5.74, 6) is -2.84. The number of para-hydroxylation sites is 1. The number of Topliss-reactive ketones (excluding diaryl/α,β-unsaturated/α-hetero) is 1. The zero-order valence-corrected chi connectivity index (χ0v) is 31.0. The van der Waals surface area contributed by atoms with Gasteiger partial charge >= 0.3 is 12.1 Å². The molecule has 6 rings (SSSR count). The second kappa shape index (κ2) is 18.2. The average molecular weight is 772 g/mol. The Hall–Kier alpha value is -6.28. The molecule has 5 aromatic carbocycles. The van der Waals surface area contributed by atoms with Crippen molar-refractivity contribution in [2.24, 2.45) is 0 Å². The van der Waals surface area contributed by atoms with Crippen LogP contribution in [-0.4, -0.2) is 51.1 Å². The molecule has 0 spiro atoms. The van der Waals surface area contributed by atoms with Crippen molar-refractivity contribution in [3.05, 3.63) is 178 Å². The second-order valence-corrected chi connectivity index (χ2v) is 14.1. The summed E-state index contributed by atoms with van der Waals surface area (Å²) >= 11 is 6.16. The SMILES string of the molecule is O=C(O)CC[C@H](NC(c1ccccc1)(c1ccccc1)c1ccccc1)C(=O)C(C(=O)Nc1n[nH]c(=S)s1)N(C(=O)OCc1ccccc1)c1ccccc1. The number of aromatic nitrogens is 2. The molecule has 1 heterocycles. The lowest BCUT2D eigenvalue weighted by Gasteiger charge is -2.41. The van der Waals surface area contributed by atoms with Crippen molar-refractivity contribution in [3.8, 4) is 0 Å². The first-order chi connectivity index (χ1) is 26.8. The number of benzene rings is 5. The first kappa shape index (κ1) is 38.4. The minimum atomic E-state index is -1.88. The lowest BCUT2D eigenvalue weighted by atomic mass is 9.76. The molecular formula is C42H37N5O6S2. The lowest BCUT2D eigenvalue weighted by Crippen LogP contribution is -2.61. The maximum Gasteiger partial charge on any atom is 0.415 e. The summed E-state index contributed by atoms with van der Waals surface area (Å²) in [6.45, 7) is -0.147. The van der Waals surface area contributed by atoms with E-state index in [0.29, 0.717) is 5.56 Å². The molecule has 278 valence electrons. The molecular weight excluding hydrogens is 735 g/mol. The van der Waals surface area contributed by atoms with E-state index in [4.69, 9.17) is 17.0 Å². The second-order valence-electron chi connectivity index (χ2n) is 12.4. The van der Waals surface area contributed by atoms with Crippen LogP contribution in [-0.2, 0) is 31.3 Å². The van der Waals surface area contributed by atoms with Crippen LogP contribution in [0, 0.1) is 3.95 Å². The zero-order valence-electron chi connectivity index (χ0n) is 29.4. The standard InChI is InChI=1S/C42H37N5O6S2/c48-35(49)27-26-34(44-42(30-18-8-2-9-19-30,31-20-10-3-11-21-31)32-22-12-4-13-23-32)37(50)36(38(51)43-39-45-46-40(54)55-39)47(33-24-14-5-15-25-33)41(52)53-28-29-16-6-1-7-17-29/h1-25,34,36,44H,26-28H2,(H,46,54)(H,48,49)(H,43,45,51)/t34-,36?/m0/s1. The third kappa shape index (κ3) is 9.27. The Morgan fingerprint density at radius 1 is 0.764 bits per heavy atom. The predicted molar refractivity (Wildman–Crippen MR) is 213 cm³/mol. The van der Waals surface area contributed by atoms with Crippen molar-refractivity contribution in [1.82, 2.24) is 15.5 Å². The van der Waals surface area contributed by atoms with E-state index in [1.807, 2.05) is 97.1 Å². The van der Waals surface area contributed by atoms with Gasteiger partial charge in [-0.1, -0.05) is 151 Å². The summed E-state index contributed by atoms with van der Waals surface area (Å²) in [5.41, 5.74) is 1.89. The van der Waals surface area contributed by atoms with Crippen LogP contribution in [0.3, 0.4) is 0 Å². The largest absolute Gasteiger partial charge is 0.481 e. The highest BCUT2D eigenvalue weighted by molar-refractivity contribution is 7.73. The maximum absolute atomic E-state index is 15.4. The molecule has 2 atom stereocenters. The van der Waals surface area contributed by atoms with Gasteiger partial charge in [-0.25, -0.2) is 4.79 Å². The van der Waals surface area contributed by atoms with Crippen molar-refractivity contribution < 1.29 is 29.0 Å². The van der Waals surface area contributed by atoms with Gasteiger partial charge in [-0.2, -0.15) is 0 Å². The van der Waals surface area contributed by atoms with Gasteiger partial charge in [-0.05, 0) is 53.0 Å². The minimum absolute atomic E-state index is 0.0701. The third-order valence-electron chi connectivity index (χ3n) is 8.88. The van der Waals surface area contributed by atoms with Crippen molar-refractivity contribution >= 4 is 58.1 Å². The molecule has 55 heavy (non-hydrogen) atoms. The Labute approximate surface area is 326 Å². The van der Waals surface area contributed by atoms with Crippen molar-refractivity contribution in [2.75, 3.05) is 10.2 Å². The highest BCUT2D eigenvalue weighted by Gasteiger charge is 2.46. The Bertz CT molecular complexity index is 2160. The van der Waals surface area contributed by atoms with E-state index >= 15 is 4.79 Å². The van der Waals surface area contributed by atoms with Crippen molar-refractivity contribution in [3.63, 3.8) is 0 Å². The van der Waals surface area contributed by atoms with Gasteiger partial charge in [0.1, 0.15) is 6.61 Å². The molecule has 0 saturated heterocycles. The molecule has 2 amide bonds. The number of aromatic amines is 1. The van der Waals surface area contributed by atoms with E-state index in [0.717, 1.165) is 32.9 Å². The van der Waals surface area contributed by atoms with Crippen LogP contribution in [0.1, 0.15) is 35.1 Å². The summed E-state index contributed by atoms with van der Waals surface area (Å²) in [6, 6.07) is 42.4. The van der Waals surface area contributed by atoms with E-state index < -0.39 is 47.8 Å². The Morgan fingerprint density at radius 3 is 1.73 bits per heavy atom. The number of ketones is 1. The van der Waals surface area contributed by atoms with Gasteiger partial charge < -0.3 is 9.84 Å². The highest BCUT2D eigenvalue weighted by Crippen LogP contribution is 2.38. The molecule has 1 unspecified atom stereocenters. The maximum atomic E-state index is 15.4. The van der Waals surface area contributed by atoms with Gasteiger partial charge in [0, 0.05) is 12.1 Å². The number of carbonyl (C=O) groups is 4. The number of hydrogen-bond acceptors (Lipinski definition) is 9. The zero-order chi connectivity index (χ0) is 38.6. The van der Waals surface area contributed by atoms with Gasteiger partial charge in [0.2, 0.25) is 5.13 Å². The number of anilines is 2. The lowest BCUT2D eigenvalue weighted by molar-refractivity contribution is -0.137. The Kier molecular flexibility index (Phi) is 12.7. The molecule has 0 saturated carbocycles. The van der Waals surface area contributed by atoms with Crippen molar-refractivity contribution in [2.45, 2.75) is 37.1 Å². The smallest absolute Gasteiger partial charge is 0.415 e. The van der Waals surface area contributed by atoms with Crippen LogP contribution in [0.5, 0.6) is 0 Å². The summed E-state index contributed by atoms with van der Waals surface area (Å²) < 4.78 is 6.05. The van der Waals surface area contributed by atoms with Gasteiger partial charge in [-0.3, -0.25) is 35.0 Å². The number of ether oxygens (including phenoxy) is 1. The quantitative estimate of drug-likeness (QED) is 0.0440. The van der Waals surface area contributed by atoms with Gasteiger partial charge in [0.25, 0.3) is 5.91 Å². The summed E-state index contributed by atoms with van der Waals surface area (Å²) in [7, 11) is 0. The number of nitrogens with one attached hydrogen (secondary N) is 3. The van der Waals surface area contributed by atoms with E-state index in [2.05, 4.69) is 20.8 Å². The molecule has 0 aliphatic carbocycles. The summed E-state index contributed by atoms with van der Waals surface area (Å²) in [5, 5.41) is 22.9. The van der Waals surface area contributed by atoms with E-state index in [9.17, 15) is 19.5 Å². The molecule has 11 nitrogen and oxygen atoms in total. The number of nitrogens with zero attached hydrogens (tertiary/aromatic N) is 2. The van der Waals surface area contributed by atoms with E-state index in [-0.39, 0.29) is 27.8 Å². The molecule has 4 N–H and O–H groups in total. The third-order valence-corrected chi connectivity index (χ3v) is 9.89. The molecule has 1 aromatic heterocycles. The van der Waals surface area contributed by atoms with E-state index in [1.54, 1.807) is 54.6 Å². The predicted octanol–water partition coefficient (Wildman–Crippen LogP) is 7.74. The molecule has 13 heteroatoms. The Morgan fingerprint density at radius 2 is 1.25 bits per heavy atom. The fourth-order valence-corrected chi connectivity index (χ4v) is 7.18. The van der Waals surface area contributed by atoms with Gasteiger partial charge in [-0.15, -0.1) is 5.10 Å². The first-order valence-corrected chi connectivity index (χ1v) is 18.6. The van der Waals surface area contributed by atoms with Crippen LogP contribution < -0.4 is 15.5 Å². The average Bonchev–Trinajstić information content (AvgIpc) is 3.64. The van der Waals surface area contributed by atoms with Crippen LogP contribution >= 0.6 is 23.6 Å². The number of carbonyl (C=O) groups excluding carboxylic acids is 3. The highest BCUT2D eigenvalue weighted by atomic mass is 32.1. The fraction of sp³-hybridized carbons (Fsp3) is 0.143. The minimum Gasteiger partial charge on any atom is -0.481 e. The topological polar surface area (TPSA) is 154 Å². The Balaban J connectivity index is 1.52. The van der Waals surface area contributed by atoms with Crippen LogP contribution in [0.2, 0.25) is 0 Å². The number of H-pyrrole nitrogens is 1. The molecule has 0 aliphatic rings.